The largest absolute Gasteiger partial charge is 0.481 e. The van der Waals surface area contributed by atoms with E-state index in [1.54, 1.807) is 31.1 Å². The number of rotatable bonds is 5. The van der Waals surface area contributed by atoms with E-state index in [1.807, 2.05) is 17.8 Å². The van der Waals surface area contributed by atoms with Crippen molar-refractivity contribution in [2.75, 3.05) is 7.11 Å². The minimum atomic E-state index is -0.00287. The van der Waals surface area contributed by atoms with Crippen LogP contribution in [0.15, 0.2) is 18.5 Å². The van der Waals surface area contributed by atoms with Crippen LogP contribution in [0, 0.1) is 0 Å². The Hall–Kier alpha value is -2.11. The molecular weight excluding hydrogens is 232 g/mol. The van der Waals surface area contributed by atoms with Gasteiger partial charge in [0.1, 0.15) is 11.5 Å². The zero-order chi connectivity index (χ0) is 13.1. The van der Waals surface area contributed by atoms with Crippen LogP contribution in [0.5, 0.6) is 5.88 Å². The summed E-state index contributed by atoms with van der Waals surface area (Å²) in [6, 6.07) is 1.65. The SMILES string of the molecule is COc1cc(C(=O)CCc2nccn2C)nn1C. The van der Waals surface area contributed by atoms with E-state index in [0.717, 1.165) is 5.82 Å². The number of methoxy groups -OCH3 is 1. The van der Waals surface area contributed by atoms with E-state index >= 15 is 0 Å². The summed E-state index contributed by atoms with van der Waals surface area (Å²) in [5, 5.41) is 4.12. The third-order valence-electron chi connectivity index (χ3n) is 2.83. The van der Waals surface area contributed by atoms with Gasteiger partial charge >= 0.3 is 0 Å². The lowest BCUT2D eigenvalue weighted by Gasteiger charge is -1.99. The summed E-state index contributed by atoms with van der Waals surface area (Å²) in [6.07, 6.45) is 4.60. The molecule has 0 unspecified atom stereocenters. The summed E-state index contributed by atoms with van der Waals surface area (Å²) in [4.78, 5) is 16.1. The van der Waals surface area contributed by atoms with Gasteiger partial charge in [-0.05, 0) is 0 Å². The van der Waals surface area contributed by atoms with E-state index in [9.17, 15) is 4.79 Å². The Bertz CT molecular complexity index is 556. The summed E-state index contributed by atoms with van der Waals surface area (Å²) in [5.41, 5.74) is 0.434. The molecule has 0 radical (unpaired) electrons. The minimum absolute atomic E-state index is 0.00287. The summed E-state index contributed by atoms with van der Waals surface area (Å²) in [6.45, 7) is 0. The summed E-state index contributed by atoms with van der Waals surface area (Å²) in [7, 11) is 5.21. The molecule has 18 heavy (non-hydrogen) atoms. The lowest BCUT2D eigenvalue weighted by molar-refractivity contribution is 0.0976. The molecule has 0 aromatic carbocycles. The van der Waals surface area contributed by atoms with E-state index < -0.39 is 0 Å². The fourth-order valence-corrected chi connectivity index (χ4v) is 1.77. The molecule has 6 heteroatoms. The topological polar surface area (TPSA) is 61.9 Å². The van der Waals surface area contributed by atoms with Crippen LogP contribution in [-0.2, 0) is 20.5 Å². The average molecular weight is 248 g/mol. The van der Waals surface area contributed by atoms with Crippen LogP contribution in [0.3, 0.4) is 0 Å². The second kappa shape index (κ2) is 5.03. The van der Waals surface area contributed by atoms with Crippen LogP contribution in [0.2, 0.25) is 0 Å². The molecule has 2 rings (SSSR count). The molecule has 0 saturated heterocycles. The number of Topliss-reactive ketones (excluding diaryl/α,β-unsaturated/α-hetero) is 1. The molecule has 2 heterocycles. The summed E-state index contributed by atoms with van der Waals surface area (Å²) >= 11 is 0. The summed E-state index contributed by atoms with van der Waals surface area (Å²) < 4.78 is 8.54. The van der Waals surface area contributed by atoms with Gasteiger partial charge in [-0.2, -0.15) is 5.10 Å². The van der Waals surface area contributed by atoms with E-state index in [1.165, 1.54) is 0 Å². The highest BCUT2D eigenvalue weighted by molar-refractivity contribution is 5.94. The Morgan fingerprint density at radius 1 is 1.44 bits per heavy atom. The molecule has 0 saturated carbocycles. The number of carbonyl (C=O) groups is 1. The second-order valence-corrected chi connectivity index (χ2v) is 4.07. The summed E-state index contributed by atoms with van der Waals surface area (Å²) in [5.74, 6) is 1.47. The molecule has 6 nitrogen and oxygen atoms in total. The van der Waals surface area contributed by atoms with Crippen molar-refractivity contribution in [3.63, 3.8) is 0 Å². The molecule has 2 aromatic heterocycles. The zero-order valence-corrected chi connectivity index (χ0v) is 10.8. The number of aryl methyl sites for hydroxylation is 3. The smallest absolute Gasteiger partial charge is 0.211 e. The highest BCUT2D eigenvalue weighted by Gasteiger charge is 2.14. The molecule has 0 fully saturated rings. The Morgan fingerprint density at radius 2 is 2.22 bits per heavy atom. The van der Waals surface area contributed by atoms with Crippen LogP contribution < -0.4 is 4.74 Å². The number of aromatic nitrogens is 4. The quantitative estimate of drug-likeness (QED) is 0.740. The number of hydrogen-bond acceptors (Lipinski definition) is 4. The van der Waals surface area contributed by atoms with Crippen LogP contribution in [0.1, 0.15) is 22.7 Å². The molecule has 0 amide bonds. The Kier molecular flexibility index (Phi) is 3.45. The molecule has 0 N–H and O–H groups in total. The van der Waals surface area contributed by atoms with Crippen molar-refractivity contribution in [1.82, 2.24) is 19.3 Å². The van der Waals surface area contributed by atoms with Crippen LogP contribution in [0.25, 0.3) is 0 Å². The number of nitrogens with zero attached hydrogens (tertiary/aromatic N) is 4. The number of carbonyl (C=O) groups excluding carboxylic acids is 1. The van der Waals surface area contributed by atoms with Crippen molar-refractivity contribution in [3.05, 3.63) is 30.0 Å². The number of hydrogen-bond donors (Lipinski definition) is 0. The molecule has 0 aliphatic carbocycles. The molecule has 0 bridgehead atoms. The molecular formula is C12H16N4O2. The number of ether oxygens (including phenoxy) is 1. The number of imidazole rings is 1. The fourth-order valence-electron chi connectivity index (χ4n) is 1.77. The third-order valence-corrected chi connectivity index (χ3v) is 2.83. The van der Waals surface area contributed by atoms with Gasteiger partial charge in [0.15, 0.2) is 5.78 Å². The van der Waals surface area contributed by atoms with Gasteiger partial charge in [-0.1, -0.05) is 0 Å². The van der Waals surface area contributed by atoms with Crippen molar-refractivity contribution < 1.29 is 9.53 Å². The molecule has 0 atom stereocenters. The van der Waals surface area contributed by atoms with Gasteiger partial charge in [-0.3, -0.25) is 4.79 Å². The Labute approximate surface area is 105 Å². The minimum Gasteiger partial charge on any atom is -0.481 e. The van der Waals surface area contributed by atoms with Gasteiger partial charge in [0.05, 0.1) is 7.11 Å². The van der Waals surface area contributed by atoms with E-state index in [2.05, 4.69) is 10.1 Å². The first-order chi connectivity index (χ1) is 8.61. The average Bonchev–Trinajstić information content (AvgIpc) is 2.92. The number of ketones is 1. The maximum absolute atomic E-state index is 12.0. The standard InChI is InChI=1S/C12H16N4O2/c1-15-7-6-13-11(15)5-4-10(17)9-8-12(18-3)16(2)14-9/h6-8H,4-5H2,1-3H3. The Morgan fingerprint density at radius 3 is 2.78 bits per heavy atom. The molecule has 2 aromatic rings. The molecule has 0 spiro atoms. The first-order valence-corrected chi connectivity index (χ1v) is 5.69. The van der Waals surface area contributed by atoms with Crippen molar-refractivity contribution >= 4 is 5.78 Å². The Balaban J connectivity index is 2.01. The van der Waals surface area contributed by atoms with Gasteiger partial charge in [0.2, 0.25) is 5.88 Å². The van der Waals surface area contributed by atoms with Gasteiger partial charge in [0.25, 0.3) is 0 Å². The fraction of sp³-hybridized carbons (Fsp3) is 0.417. The maximum atomic E-state index is 12.0. The monoisotopic (exact) mass is 248 g/mol. The van der Waals surface area contributed by atoms with Crippen molar-refractivity contribution in [2.24, 2.45) is 14.1 Å². The van der Waals surface area contributed by atoms with Gasteiger partial charge in [-0.25, -0.2) is 9.67 Å². The van der Waals surface area contributed by atoms with Crippen molar-refractivity contribution in [3.8, 4) is 5.88 Å². The highest BCUT2D eigenvalue weighted by atomic mass is 16.5. The second-order valence-electron chi connectivity index (χ2n) is 4.07. The van der Waals surface area contributed by atoms with E-state index in [-0.39, 0.29) is 5.78 Å². The lowest BCUT2D eigenvalue weighted by Crippen LogP contribution is -2.06. The molecule has 0 aliphatic heterocycles. The first-order valence-electron chi connectivity index (χ1n) is 5.69. The normalized spacial score (nSPS) is 10.6. The predicted molar refractivity (Wildman–Crippen MR) is 65.6 cm³/mol. The highest BCUT2D eigenvalue weighted by Crippen LogP contribution is 2.13. The van der Waals surface area contributed by atoms with Gasteiger partial charge < -0.3 is 9.30 Å². The molecule has 96 valence electrons. The van der Waals surface area contributed by atoms with Crippen molar-refractivity contribution in [2.45, 2.75) is 12.8 Å². The maximum Gasteiger partial charge on any atom is 0.211 e. The first kappa shape index (κ1) is 12.3. The van der Waals surface area contributed by atoms with E-state index in [0.29, 0.717) is 24.4 Å². The van der Waals surface area contributed by atoms with Crippen LogP contribution >= 0.6 is 0 Å². The lowest BCUT2D eigenvalue weighted by atomic mass is 10.1. The third kappa shape index (κ3) is 2.42. The zero-order valence-electron chi connectivity index (χ0n) is 10.8. The van der Waals surface area contributed by atoms with E-state index in [4.69, 9.17) is 4.74 Å². The predicted octanol–water partition coefficient (Wildman–Crippen LogP) is 0.978. The molecule has 0 aliphatic rings. The van der Waals surface area contributed by atoms with Crippen LogP contribution in [0.4, 0.5) is 0 Å². The van der Waals surface area contributed by atoms with Crippen molar-refractivity contribution in [1.29, 1.82) is 0 Å². The van der Waals surface area contributed by atoms with Crippen LogP contribution in [-0.4, -0.2) is 32.2 Å². The van der Waals surface area contributed by atoms with Gasteiger partial charge in [-0.15, -0.1) is 0 Å². The van der Waals surface area contributed by atoms with Gasteiger partial charge in [0, 0.05) is 45.4 Å².